The molecular formula is C19H31N. The normalized spacial score (nSPS) is 18.7. The summed E-state index contributed by atoms with van der Waals surface area (Å²) >= 11 is 0. The monoisotopic (exact) mass is 273 g/mol. The van der Waals surface area contributed by atoms with Crippen molar-refractivity contribution in [2.75, 3.05) is 6.54 Å². The van der Waals surface area contributed by atoms with Crippen LogP contribution in [0.2, 0.25) is 0 Å². The van der Waals surface area contributed by atoms with Crippen molar-refractivity contribution in [3.63, 3.8) is 0 Å². The van der Waals surface area contributed by atoms with Gasteiger partial charge in [0.25, 0.3) is 0 Å². The van der Waals surface area contributed by atoms with E-state index in [0.717, 1.165) is 18.5 Å². The highest BCUT2D eigenvalue weighted by Gasteiger charge is 2.21. The molecule has 1 aliphatic rings. The Balaban J connectivity index is 1.92. The average Bonchev–Trinajstić information content (AvgIpc) is 2.74. The summed E-state index contributed by atoms with van der Waals surface area (Å²) in [5, 5.41) is 3.77. The summed E-state index contributed by atoms with van der Waals surface area (Å²) in [5.74, 6) is 0.904. The van der Waals surface area contributed by atoms with Crippen molar-refractivity contribution >= 4 is 0 Å². The molecule has 1 saturated carbocycles. The van der Waals surface area contributed by atoms with Crippen LogP contribution in [-0.4, -0.2) is 12.6 Å². The summed E-state index contributed by atoms with van der Waals surface area (Å²) in [5.41, 5.74) is 2.98. The quantitative estimate of drug-likeness (QED) is 0.729. The van der Waals surface area contributed by atoms with Crippen LogP contribution in [0.3, 0.4) is 0 Å². The predicted octanol–water partition coefficient (Wildman–Crippen LogP) is 4.88. The fraction of sp³-hybridized carbons (Fsp3) is 0.684. The Labute approximate surface area is 125 Å². The first-order valence-corrected chi connectivity index (χ1v) is 8.59. The second-order valence-corrected chi connectivity index (χ2v) is 6.38. The molecule has 0 radical (unpaired) electrons. The van der Waals surface area contributed by atoms with Crippen molar-refractivity contribution in [3.05, 3.63) is 35.4 Å². The van der Waals surface area contributed by atoms with Gasteiger partial charge >= 0.3 is 0 Å². The number of nitrogens with one attached hydrogen (secondary N) is 1. The highest BCUT2D eigenvalue weighted by Crippen LogP contribution is 2.27. The van der Waals surface area contributed by atoms with Gasteiger partial charge in [-0.25, -0.2) is 0 Å². The van der Waals surface area contributed by atoms with Gasteiger partial charge in [0, 0.05) is 6.04 Å². The standard InChI is InChI=1S/C19H31N/c1-3-20-19(18-12-6-4-5-7-13-18)15-14-17-11-9-8-10-16(17)2/h8-11,18-20H,3-7,12-15H2,1-2H3. The van der Waals surface area contributed by atoms with Gasteiger partial charge in [0.15, 0.2) is 0 Å². The van der Waals surface area contributed by atoms with Gasteiger partial charge in [-0.3, -0.25) is 0 Å². The molecule has 1 aromatic carbocycles. The largest absolute Gasteiger partial charge is 0.314 e. The number of benzene rings is 1. The van der Waals surface area contributed by atoms with Gasteiger partial charge < -0.3 is 5.32 Å². The molecule has 1 aromatic rings. The molecule has 0 aliphatic heterocycles. The summed E-state index contributed by atoms with van der Waals surface area (Å²) in [6.45, 7) is 5.59. The zero-order chi connectivity index (χ0) is 14.2. The van der Waals surface area contributed by atoms with Crippen LogP contribution in [0, 0.1) is 12.8 Å². The number of aryl methyl sites for hydroxylation is 2. The van der Waals surface area contributed by atoms with Crippen molar-refractivity contribution < 1.29 is 0 Å². The average molecular weight is 273 g/mol. The second-order valence-electron chi connectivity index (χ2n) is 6.38. The lowest BCUT2D eigenvalue weighted by Crippen LogP contribution is -2.36. The molecule has 1 fully saturated rings. The van der Waals surface area contributed by atoms with Crippen LogP contribution in [0.15, 0.2) is 24.3 Å². The third-order valence-corrected chi connectivity index (χ3v) is 4.92. The summed E-state index contributed by atoms with van der Waals surface area (Å²) in [6, 6.07) is 9.58. The molecule has 1 heteroatoms. The Morgan fingerprint density at radius 1 is 1.10 bits per heavy atom. The maximum atomic E-state index is 3.77. The predicted molar refractivity (Wildman–Crippen MR) is 88.2 cm³/mol. The van der Waals surface area contributed by atoms with E-state index in [1.54, 1.807) is 0 Å². The summed E-state index contributed by atoms with van der Waals surface area (Å²) in [6.07, 6.45) is 11.2. The third kappa shape index (κ3) is 4.63. The van der Waals surface area contributed by atoms with E-state index in [4.69, 9.17) is 0 Å². The van der Waals surface area contributed by atoms with Crippen LogP contribution in [0.25, 0.3) is 0 Å². The van der Waals surface area contributed by atoms with E-state index < -0.39 is 0 Å². The Bertz CT molecular complexity index is 377. The van der Waals surface area contributed by atoms with E-state index in [1.165, 1.54) is 62.5 Å². The van der Waals surface area contributed by atoms with Gasteiger partial charge in [-0.15, -0.1) is 0 Å². The van der Waals surface area contributed by atoms with Gasteiger partial charge in [-0.1, -0.05) is 56.9 Å². The molecule has 1 nitrogen and oxygen atoms in total. The van der Waals surface area contributed by atoms with Crippen LogP contribution in [0.1, 0.15) is 63.0 Å². The first-order valence-electron chi connectivity index (χ1n) is 8.59. The second kappa shape index (κ2) is 8.46. The lowest BCUT2D eigenvalue weighted by atomic mass is 9.87. The molecule has 0 heterocycles. The third-order valence-electron chi connectivity index (χ3n) is 4.92. The van der Waals surface area contributed by atoms with E-state index in [9.17, 15) is 0 Å². The van der Waals surface area contributed by atoms with Crippen molar-refractivity contribution in [1.29, 1.82) is 0 Å². The van der Waals surface area contributed by atoms with Crippen LogP contribution < -0.4 is 5.32 Å². The fourth-order valence-electron chi connectivity index (χ4n) is 3.68. The minimum atomic E-state index is 0.720. The van der Waals surface area contributed by atoms with Gasteiger partial charge in [0.1, 0.15) is 0 Å². The minimum absolute atomic E-state index is 0.720. The highest BCUT2D eigenvalue weighted by molar-refractivity contribution is 5.25. The molecule has 20 heavy (non-hydrogen) atoms. The topological polar surface area (TPSA) is 12.0 Å². The number of hydrogen-bond donors (Lipinski definition) is 1. The Morgan fingerprint density at radius 3 is 2.45 bits per heavy atom. The first-order chi connectivity index (χ1) is 9.81. The first kappa shape index (κ1) is 15.6. The van der Waals surface area contributed by atoms with Crippen molar-refractivity contribution in [2.45, 2.75) is 71.3 Å². The van der Waals surface area contributed by atoms with Crippen LogP contribution >= 0.6 is 0 Å². The summed E-state index contributed by atoms with van der Waals surface area (Å²) in [4.78, 5) is 0. The van der Waals surface area contributed by atoms with Crippen molar-refractivity contribution in [1.82, 2.24) is 5.32 Å². The van der Waals surface area contributed by atoms with E-state index >= 15 is 0 Å². The minimum Gasteiger partial charge on any atom is -0.314 e. The molecule has 1 N–H and O–H groups in total. The summed E-state index contributed by atoms with van der Waals surface area (Å²) in [7, 11) is 0. The molecule has 0 aromatic heterocycles. The maximum absolute atomic E-state index is 3.77. The lowest BCUT2D eigenvalue weighted by molar-refractivity contribution is 0.308. The Morgan fingerprint density at radius 2 is 1.80 bits per heavy atom. The molecule has 0 saturated heterocycles. The lowest BCUT2D eigenvalue weighted by Gasteiger charge is -2.27. The van der Waals surface area contributed by atoms with Crippen molar-refractivity contribution in [2.24, 2.45) is 5.92 Å². The molecular weight excluding hydrogens is 242 g/mol. The molecule has 0 bridgehead atoms. The van der Waals surface area contributed by atoms with Crippen molar-refractivity contribution in [3.8, 4) is 0 Å². The van der Waals surface area contributed by atoms with Crippen LogP contribution in [0.5, 0.6) is 0 Å². The molecule has 0 amide bonds. The fourth-order valence-corrected chi connectivity index (χ4v) is 3.68. The molecule has 0 spiro atoms. The van der Waals surface area contributed by atoms with Crippen LogP contribution in [-0.2, 0) is 6.42 Å². The maximum Gasteiger partial charge on any atom is 0.00983 e. The van der Waals surface area contributed by atoms with Gasteiger partial charge in [-0.2, -0.15) is 0 Å². The van der Waals surface area contributed by atoms with E-state index in [2.05, 4.69) is 43.4 Å². The highest BCUT2D eigenvalue weighted by atomic mass is 14.9. The molecule has 112 valence electrons. The van der Waals surface area contributed by atoms with Gasteiger partial charge in [0.05, 0.1) is 0 Å². The van der Waals surface area contributed by atoms with E-state index in [-0.39, 0.29) is 0 Å². The zero-order valence-corrected chi connectivity index (χ0v) is 13.3. The van der Waals surface area contributed by atoms with Gasteiger partial charge in [-0.05, 0) is 56.2 Å². The molecule has 1 aliphatic carbocycles. The van der Waals surface area contributed by atoms with Crippen LogP contribution in [0.4, 0.5) is 0 Å². The smallest absolute Gasteiger partial charge is 0.00983 e. The zero-order valence-electron chi connectivity index (χ0n) is 13.3. The molecule has 1 atom stereocenters. The van der Waals surface area contributed by atoms with Gasteiger partial charge in [0.2, 0.25) is 0 Å². The number of hydrogen-bond acceptors (Lipinski definition) is 1. The van der Waals surface area contributed by atoms with E-state index in [1.807, 2.05) is 0 Å². The summed E-state index contributed by atoms with van der Waals surface area (Å²) < 4.78 is 0. The number of rotatable bonds is 6. The molecule has 1 unspecified atom stereocenters. The SMILES string of the molecule is CCNC(CCc1ccccc1C)C1CCCCCC1. The van der Waals surface area contributed by atoms with E-state index in [0.29, 0.717) is 0 Å². The molecule has 2 rings (SSSR count). The Kier molecular flexibility index (Phi) is 6.59. The Hall–Kier alpha value is -0.820.